The third-order valence-corrected chi connectivity index (χ3v) is 11.7. The van der Waals surface area contributed by atoms with Gasteiger partial charge in [-0.25, -0.2) is 9.59 Å². The van der Waals surface area contributed by atoms with Gasteiger partial charge in [-0.2, -0.15) is 0 Å². The van der Waals surface area contributed by atoms with Gasteiger partial charge in [0.05, 0.1) is 24.0 Å². The van der Waals surface area contributed by atoms with Gasteiger partial charge in [0.15, 0.2) is 5.96 Å². The summed E-state index contributed by atoms with van der Waals surface area (Å²) in [6.45, 7) is 14.8. The lowest BCUT2D eigenvalue weighted by molar-refractivity contribution is -0.146. The Morgan fingerprint density at radius 1 is 0.831 bits per heavy atom. The number of guanidine groups is 1. The van der Waals surface area contributed by atoms with Crippen molar-refractivity contribution < 1.29 is 58.1 Å². The number of methoxy groups -OCH3 is 1. The van der Waals surface area contributed by atoms with E-state index in [0.29, 0.717) is 12.0 Å². The van der Waals surface area contributed by atoms with E-state index in [2.05, 4.69) is 43.5 Å². The predicted molar refractivity (Wildman–Crippen MR) is 264 cm³/mol. The van der Waals surface area contributed by atoms with Gasteiger partial charge in [-0.05, 0) is 57.1 Å². The molecule has 12 N–H and O–H groups in total. The van der Waals surface area contributed by atoms with Gasteiger partial charge in [0.25, 0.3) is 11.8 Å². The maximum absolute atomic E-state index is 14.4. The van der Waals surface area contributed by atoms with E-state index in [1.165, 1.54) is 26.8 Å². The Morgan fingerprint density at radius 2 is 1.44 bits per heavy atom. The molecule has 2 rings (SSSR count). The first-order valence-corrected chi connectivity index (χ1v) is 23.2. The third kappa shape index (κ3) is 19.9. The Balaban J connectivity index is 2.76. The Kier molecular flexibility index (Phi) is 24.4. The molecule has 1 aliphatic rings. The number of allylic oxidation sites excluding steroid dienone is 2. The molecule has 10 atom stereocenters. The van der Waals surface area contributed by atoms with Crippen LogP contribution in [0.1, 0.15) is 73.3 Å². The highest BCUT2D eigenvalue weighted by molar-refractivity contribution is 6.02. The number of hydrogen-bond acceptors (Lipinski definition) is 11. The van der Waals surface area contributed by atoms with Crippen LogP contribution in [0.25, 0.3) is 0 Å². The maximum atomic E-state index is 14.4. The van der Waals surface area contributed by atoms with Crippen molar-refractivity contribution in [3.63, 3.8) is 0 Å². The number of carboxylic acid groups (broad SMARTS) is 2. The molecule has 0 aromatic heterocycles. The van der Waals surface area contributed by atoms with Crippen LogP contribution in [0.3, 0.4) is 0 Å². The quantitative estimate of drug-likeness (QED) is 0.0374. The van der Waals surface area contributed by atoms with Gasteiger partial charge >= 0.3 is 11.9 Å². The molecule has 390 valence electrons. The second kappa shape index (κ2) is 29.0. The number of amides is 7. The number of carbonyl (C=O) groups excluding carboxylic acids is 7. The smallest absolute Gasteiger partial charge is 0.330 e. The summed E-state index contributed by atoms with van der Waals surface area (Å²) in [5.74, 6) is -13.0. The molecule has 0 bridgehead atoms. The number of aliphatic carboxylic acids is 2. The molecule has 1 heterocycles. The van der Waals surface area contributed by atoms with E-state index in [1.54, 1.807) is 34.0 Å². The fraction of sp³-hybridized carbons (Fsp3) is 0.510. The molecule has 1 aliphatic heterocycles. The first-order chi connectivity index (χ1) is 33.3. The molecular weight excluding hydrogens is 921 g/mol. The minimum Gasteiger partial charge on any atom is -0.480 e. The molecule has 22 nitrogen and oxygen atoms in total. The van der Waals surface area contributed by atoms with Crippen LogP contribution in [-0.4, -0.2) is 137 Å². The van der Waals surface area contributed by atoms with Crippen LogP contribution < -0.4 is 43.4 Å². The lowest BCUT2D eigenvalue weighted by Gasteiger charge is -2.28. The minimum atomic E-state index is -1.89. The van der Waals surface area contributed by atoms with Crippen molar-refractivity contribution in [1.82, 2.24) is 36.8 Å². The zero-order chi connectivity index (χ0) is 53.7. The lowest BCUT2D eigenvalue weighted by atomic mass is 9.94. The number of carboxylic acids is 2. The Morgan fingerprint density at radius 3 is 2.01 bits per heavy atom. The SMILES string of the molecule is C=C1C(=O)N[C@H](C)C(=O)N[C@@H](CC(C)C)C(=O)N[C@@H](C(=O)O)[C@H](C)C(=O)N[C@@H](CCCN=C(N)N)C(=O)N[C@@H](/C=C/C(C)=C/[C@H](C)[C@H](Cc2ccccc2)OC)[C@H](C)C(=O)N[C@@H](C(=O)O)/C=C/C(=O)N1C. The monoisotopic (exact) mass is 993 g/mol. The average Bonchev–Trinajstić information content (AvgIpc) is 3.31. The fourth-order valence-corrected chi connectivity index (χ4v) is 7.21. The zero-order valence-corrected chi connectivity index (χ0v) is 41.9. The van der Waals surface area contributed by atoms with Gasteiger partial charge < -0.3 is 63.2 Å². The van der Waals surface area contributed by atoms with Gasteiger partial charge in [-0.1, -0.05) is 95.3 Å². The molecular formula is C49H72N10O12. The number of hydrogen-bond donors (Lipinski definition) is 10. The molecule has 0 radical (unpaired) electrons. The molecule has 71 heavy (non-hydrogen) atoms. The predicted octanol–water partition coefficient (Wildman–Crippen LogP) is 0.394. The Hall–Kier alpha value is -7.36. The highest BCUT2D eigenvalue weighted by Gasteiger charge is 2.37. The number of nitrogens with two attached hydrogens (primary N) is 2. The summed E-state index contributed by atoms with van der Waals surface area (Å²) in [4.78, 5) is 126. The summed E-state index contributed by atoms with van der Waals surface area (Å²) in [6, 6.07) is 0.730. The van der Waals surface area contributed by atoms with Crippen LogP contribution in [0.15, 0.2) is 83.6 Å². The van der Waals surface area contributed by atoms with Crippen molar-refractivity contribution in [3.8, 4) is 0 Å². The van der Waals surface area contributed by atoms with Crippen LogP contribution in [0.4, 0.5) is 0 Å². The molecule has 0 fully saturated rings. The maximum Gasteiger partial charge on any atom is 0.330 e. The highest BCUT2D eigenvalue weighted by atomic mass is 16.5. The number of nitrogens with zero attached hydrogens (tertiary/aromatic N) is 2. The van der Waals surface area contributed by atoms with E-state index in [-0.39, 0.29) is 49.7 Å². The van der Waals surface area contributed by atoms with Gasteiger partial charge in [0, 0.05) is 32.7 Å². The van der Waals surface area contributed by atoms with Gasteiger partial charge in [0.1, 0.15) is 35.9 Å². The summed E-state index contributed by atoms with van der Waals surface area (Å²) in [5.41, 5.74) is 12.3. The van der Waals surface area contributed by atoms with Crippen molar-refractivity contribution in [2.24, 2.45) is 40.1 Å². The molecule has 0 aliphatic carbocycles. The number of benzene rings is 1. The van der Waals surface area contributed by atoms with Crippen LogP contribution >= 0.6 is 0 Å². The normalized spacial score (nSPS) is 25.5. The zero-order valence-electron chi connectivity index (χ0n) is 41.9. The van der Waals surface area contributed by atoms with E-state index in [9.17, 15) is 53.4 Å². The van der Waals surface area contributed by atoms with Crippen LogP contribution in [0.5, 0.6) is 0 Å². The summed E-state index contributed by atoms with van der Waals surface area (Å²) < 4.78 is 5.81. The lowest BCUT2D eigenvalue weighted by Crippen LogP contribution is -2.59. The van der Waals surface area contributed by atoms with Gasteiger partial charge in [0.2, 0.25) is 29.5 Å². The van der Waals surface area contributed by atoms with Crippen molar-refractivity contribution in [2.75, 3.05) is 20.7 Å². The molecule has 0 saturated heterocycles. The largest absolute Gasteiger partial charge is 0.480 e. The average molecular weight is 993 g/mol. The molecule has 22 heteroatoms. The third-order valence-electron chi connectivity index (χ3n) is 11.7. The number of carbonyl (C=O) groups is 9. The Bertz CT molecular complexity index is 2210. The minimum absolute atomic E-state index is 0.00150. The van der Waals surface area contributed by atoms with E-state index in [1.807, 2.05) is 43.3 Å². The van der Waals surface area contributed by atoms with Crippen molar-refractivity contribution >= 4 is 59.2 Å². The number of rotatable bonds is 15. The van der Waals surface area contributed by atoms with Gasteiger partial charge in [-0.3, -0.25) is 38.6 Å². The number of aliphatic imine (C=N–C) groups is 1. The standard InChI is InChI=1S/C49H72N10O12/c1-26(2)23-37-46(66)58-40(48(69)70)30(6)42(62)55-35(17-14-22-52-49(50)51)45(65)54-34(19-18-27(3)24-28(4)38(71-10)25-33-15-12-11-13-16-33)29(5)41(61)56-36(47(67)68)20-21-39(60)59(9)32(8)44(64)53-31(7)43(63)57-37/h11-13,15-16,18-21,24,26,28-31,34-38,40H,8,14,17,22-23,25H2,1-7,9-10H3,(H,53,64)(H,54,65)(H,55,62)(H,56,61)(H,57,63)(H,58,66)(H,67,68)(H,69,70)(H4,50,51,52)/b19-18+,21-20+,27-24+/t28-,29-,30-,31+,34-,35-,36+,37-,38-,40+/m0/s1. The number of likely N-dealkylation sites (N-methyl/N-ethyl adjacent to an activating group) is 1. The molecule has 0 unspecified atom stereocenters. The summed E-state index contributed by atoms with van der Waals surface area (Å²) >= 11 is 0. The first-order valence-electron chi connectivity index (χ1n) is 23.2. The van der Waals surface area contributed by atoms with Crippen LogP contribution in [0, 0.1) is 23.7 Å². The van der Waals surface area contributed by atoms with Gasteiger partial charge in [-0.15, -0.1) is 0 Å². The van der Waals surface area contributed by atoms with Crippen molar-refractivity contribution in [1.29, 1.82) is 0 Å². The molecule has 0 saturated carbocycles. The summed E-state index contributed by atoms with van der Waals surface area (Å²) in [5, 5.41) is 35.3. The van der Waals surface area contributed by atoms with E-state index in [4.69, 9.17) is 16.2 Å². The second-order valence-electron chi connectivity index (χ2n) is 18.0. The van der Waals surface area contributed by atoms with E-state index >= 15 is 0 Å². The topological polar surface area (TPSA) is 343 Å². The molecule has 1 aromatic rings. The van der Waals surface area contributed by atoms with Crippen molar-refractivity contribution in [2.45, 2.75) is 117 Å². The van der Waals surface area contributed by atoms with Crippen LogP contribution in [0.2, 0.25) is 0 Å². The fourth-order valence-electron chi connectivity index (χ4n) is 7.21. The van der Waals surface area contributed by atoms with E-state index < -0.39 is 107 Å². The van der Waals surface area contributed by atoms with Crippen LogP contribution in [-0.2, 0) is 54.3 Å². The van der Waals surface area contributed by atoms with E-state index in [0.717, 1.165) is 29.7 Å². The molecule has 1 aromatic carbocycles. The summed E-state index contributed by atoms with van der Waals surface area (Å²) in [7, 11) is 2.77. The molecule has 7 amide bonds. The number of ether oxygens (including phenoxy) is 1. The highest BCUT2D eigenvalue weighted by Crippen LogP contribution is 2.19. The Labute approximate surface area is 414 Å². The molecule has 0 spiro atoms. The first kappa shape index (κ1) is 59.8. The second-order valence-corrected chi connectivity index (χ2v) is 18.0. The van der Waals surface area contributed by atoms with Crippen molar-refractivity contribution in [3.05, 3.63) is 84.1 Å². The number of nitrogens with one attached hydrogen (secondary N) is 6. The summed E-state index contributed by atoms with van der Waals surface area (Å²) in [6.07, 6.45) is 7.16.